The van der Waals surface area contributed by atoms with Crippen LogP contribution in [0.3, 0.4) is 0 Å². The van der Waals surface area contributed by atoms with Crippen molar-refractivity contribution in [2.24, 2.45) is 0 Å². The number of benzene rings is 1. The van der Waals surface area contributed by atoms with Gasteiger partial charge in [0.1, 0.15) is 13.8 Å². The van der Waals surface area contributed by atoms with Crippen molar-refractivity contribution in [2.75, 3.05) is 7.11 Å². The van der Waals surface area contributed by atoms with E-state index in [9.17, 15) is 4.79 Å². The molecule has 0 aliphatic rings. The van der Waals surface area contributed by atoms with Crippen LogP contribution in [-0.2, 0) is 0 Å². The van der Waals surface area contributed by atoms with Gasteiger partial charge < -0.3 is 4.74 Å². The molecule has 0 saturated carbocycles. The second-order valence-corrected chi connectivity index (χ2v) is 12.3. The summed E-state index contributed by atoms with van der Waals surface area (Å²) in [5.74, 6) is 3.96. The quantitative estimate of drug-likeness (QED) is 0.430. The number of hydrogen-bond acceptors (Lipinski definition) is 2. The van der Waals surface area contributed by atoms with E-state index in [-0.39, 0.29) is 0 Å². The summed E-state index contributed by atoms with van der Waals surface area (Å²) in [6.45, 7) is 13.8. The standard InChI is InChI=1S/C19H28O2Si/c1-14(2)22(15(3)4,16(5)6)11-10-17-8-9-18(13-20)19(12-17)21-7/h8-9,12-16H,1-7H3. The Morgan fingerprint density at radius 1 is 1.05 bits per heavy atom. The summed E-state index contributed by atoms with van der Waals surface area (Å²) < 4.78 is 5.26. The van der Waals surface area contributed by atoms with E-state index in [1.807, 2.05) is 12.1 Å². The van der Waals surface area contributed by atoms with Crippen molar-refractivity contribution in [3.05, 3.63) is 29.3 Å². The molecule has 0 saturated heterocycles. The molecule has 0 aromatic heterocycles. The molecule has 0 aliphatic heterocycles. The van der Waals surface area contributed by atoms with Crippen LogP contribution >= 0.6 is 0 Å². The van der Waals surface area contributed by atoms with E-state index >= 15 is 0 Å². The molecule has 0 fully saturated rings. The van der Waals surface area contributed by atoms with Gasteiger partial charge in [-0.05, 0) is 34.8 Å². The summed E-state index contributed by atoms with van der Waals surface area (Å²) in [4.78, 5) is 11.0. The van der Waals surface area contributed by atoms with E-state index in [0.717, 1.165) is 11.8 Å². The maximum atomic E-state index is 11.0. The second kappa shape index (κ2) is 7.65. The number of hydrogen-bond donors (Lipinski definition) is 0. The molecule has 1 aromatic carbocycles. The highest BCUT2D eigenvalue weighted by atomic mass is 28.3. The van der Waals surface area contributed by atoms with E-state index in [0.29, 0.717) is 27.9 Å². The Morgan fingerprint density at radius 2 is 1.59 bits per heavy atom. The first-order valence-corrected chi connectivity index (χ1v) is 10.2. The SMILES string of the molecule is COc1cc(C#C[Si](C(C)C)(C(C)C)C(C)C)ccc1C=O. The summed E-state index contributed by atoms with van der Waals surface area (Å²) in [6.07, 6.45) is 0.811. The zero-order chi connectivity index (χ0) is 16.9. The number of carbonyl (C=O) groups is 1. The van der Waals surface area contributed by atoms with Crippen LogP contribution in [0, 0.1) is 11.5 Å². The van der Waals surface area contributed by atoms with Crippen LogP contribution in [0.5, 0.6) is 5.75 Å². The third-order valence-electron chi connectivity index (χ3n) is 4.65. The monoisotopic (exact) mass is 316 g/mol. The van der Waals surface area contributed by atoms with E-state index < -0.39 is 8.07 Å². The van der Waals surface area contributed by atoms with Crippen molar-refractivity contribution in [2.45, 2.75) is 58.2 Å². The molecule has 0 radical (unpaired) electrons. The molecule has 0 aliphatic carbocycles. The lowest BCUT2D eigenvalue weighted by molar-refractivity contribution is 0.112. The van der Waals surface area contributed by atoms with E-state index in [1.165, 1.54) is 0 Å². The highest BCUT2D eigenvalue weighted by Gasteiger charge is 2.41. The molecule has 0 atom stereocenters. The molecule has 0 spiro atoms. The van der Waals surface area contributed by atoms with Gasteiger partial charge in [0.15, 0.2) is 6.29 Å². The average Bonchev–Trinajstić information content (AvgIpc) is 2.46. The first-order chi connectivity index (χ1) is 10.3. The van der Waals surface area contributed by atoms with Gasteiger partial charge in [-0.3, -0.25) is 4.79 Å². The van der Waals surface area contributed by atoms with Gasteiger partial charge in [0.2, 0.25) is 0 Å². The van der Waals surface area contributed by atoms with E-state index in [1.54, 1.807) is 13.2 Å². The lowest BCUT2D eigenvalue weighted by atomic mass is 10.1. The molecule has 0 amide bonds. The topological polar surface area (TPSA) is 26.3 Å². The van der Waals surface area contributed by atoms with Gasteiger partial charge in [0.25, 0.3) is 0 Å². The van der Waals surface area contributed by atoms with Crippen LogP contribution in [0.2, 0.25) is 16.6 Å². The predicted molar refractivity (Wildman–Crippen MR) is 96.3 cm³/mol. The van der Waals surface area contributed by atoms with E-state index in [4.69, 9.17) is 4.74 Å². The fourth-order valence-electron chi connectivity index (χ4n) is 3.50. The van der Waals surface area contributed by atoms with Gasteiger partial charge in [-0.25, -0.2) is 0 Å². The summed E-state index contributed by atoms with van der Waals surface area (Å²) >= 11 is 0. The third kappa shape index (κ3) is 3.62. The largest absolute Gasteiger partial charge is 0.496 e. The Kier molecular flexibility index (Phi) is 6.43. The highest BCUT2D eigenvalue weighted by Crippen LogP contribution is 2.40. The van der Waals surface area contributed by atoms with Gasteiger partial charge >= 0.3 is 0 Å². The molecule has 22 heavy (non-hydrogen) atoms. The summed E-state index contributed by atoms with van der Waals surface area (Å²) in [6, 6.07) is 5.54. The molecule has 120 valence electrons. The first kappa shape index (κ1) is 18.5. The fourth-order valence-corrected chi connectivity index (χ4v) is 8.73. The average molecular weight is 317 g/mol. The minimum Gasteiger partial charge on any atom is -0.496 e. The fraction of sp³-hybridized carbons (Fsp3) is 0.526. The molecular formula is C19H28O2Si. The highest BCUT2D eigenvalue weighted by molar-refractivity contribution is 6.90. The third-order valence-corrected chi connectivity index (χ3v) is 10.9. The minimum atomic E-state index is -1.73. The summed E-state index contributed by atoms with van der Waals surface area (Å²) in [5, 5.41) is 0. The maximum absolute atomic E-state index is 11.0. The Hall–Kier alpha value is -1.53. The minimum absolute atomic E-state index is 0.563. The second-order valence-electron chi connectivity index (χ2n) is 6.72. The van der Waals surface area contributed by atoms with Crippen molar-refractivity contribution >= 4 is 14.4 Å². The van der Waals surface area contributed by atoms with Crippen LogP contribution in [0.4, 0.5) is 0 Å². The molecule has 2 nitrogen and oxygen atoms in total. The number of carbonyl (C=O) groups excluding carboxylic acids is 1. The number of rotatable bonds is 5. The Balaban J connectivity index is 3.32. The smallest absolute Gasteiger partial charge is 0.153 e. The van der Waals surface area contributed by atoms with Crippen molar-refractivity contribution in [3.63, 3.8) is 0 Å². The van der Waals surface area contributed by atoms with Crippen molar-refractivity contribution in [1.29, 1.82) is 0 Å². The normalized spacial score (nSPS) is 11.5. The Bertz CT molecular complexity index is 555. The molecule has 3 heteroatoms. The molecule has 0 bridgehead atoms. The van der Waals surface area contributed by atoms with E-state index in [2.05, 4.69) is 53.0 Å². The molecule has 1 rings (SSSR count). The van der Waals surface area contributed by atoms with Gasteiger partial charge in [-0.15, -0.1) is 5.54 Å². The molecule has 0 N–H and O–H groups in total. The van der Waals surface area contributed by atoms with Crippen LogP contribution in [-0.4, -0.2) is 21.5 Å². The van der Waals surface area contributed by atoms with Crippen LogP contribution < -0.4 is 4.74 Å². The van der Waals surface area contributed by atoms with Crippen molar-refractivity contribution in [3.8, 4) is 17.2 Å². The Morgan fingerprint density at radius 3 is 2.00 bits per heavy atom. The molecule has 0 heterocycles. The lowest BCUT2D eigenvalue weighted by Gasteiger charge is -2.38. The number of ether oxygens (including phenoxy) is 1. The number of methoxy groups -OCH3 is 1. The van der Waals surface area contributed by atoms with Gasteiger partial charge in [0, 0.05) is 5.56 Å². The Labute approximate surface area is 136 Å². The maximum Gasteiger partial charge on any atom is 0.153 e. The summed E-state index contributed by atoms with van der Waals surface area (Å²) in [5.41, 5.74) is 6.99. The molecule has 0 unspecified atom stereocenters. The summed E-state index contributed by atoms with van der Waals surface area (Å²) in [7, 11) is -0.153. The van der Waals surface area contributed by atoms with Crippen LogP contribution in [0.1, 0.15) is 57.5 Å². The van der Waals surface area contributed by atoms with Gasteiger partial charge in [-0.2, -0.15) is 0 Å². The lowest BCUT2D eigenvalue weighted by Crippen LogP contribution is -2.43. The van der Waals surface area contributed by atoms with Crippen molar-refractivity contribution in [1.82, 2.24) is 0 Å². The van der Waals surface area contributed by atoms with Crippen molar-refractivity contribution < 1.29 is 9.53 Å². The van der Waals surface area contributed by atoms with Gasteiger partial charge in [-0.1, -0.05) is 47.5 Å². The van der Waals surface area contributed by atoms with Crippen LogP contribution in [0.25, 0.3) is 0 Å². The predicted octanol–water partition coefficient (Wildman–Crippen LogP) is 5.08. The first-order valence-electron chi connectivity index (χ1n) is 7.95. The van der Waals surface area contributed by atoms with Gasteiger partial charge in [0.05, 0.1) is 12.7 Å². The number of aldehydes is 1. The molecular weight excluding hydrogens is 288 g/mol. The van der Waals surface area contributed by atoms with Crippen LogP contribution in [0.15, 0.2) is 18.2 Å². The molecule has 1 aromatic rings. The zero-order valence-electron chi connectivity index (χ0n) is 14.9. The zero-order valence-corrected chi connectivity index (χ0v) is 15.9.